The standard InChI is InChI=1S/C14H18N2O4/c1-16(2)15-12(14(18)20-4)9-13(17)10-5-7-11(19-3)8-6-10/h5-9,15H,1-4H3/b12-9-. The molecule has 0 saturated heterocycles. The molecule has 0 bridgehead atoms. The van der Waals surface area contributed by atoms with E-state index in [4.69, 9.17) is 4.74 Å². The summed E-state index contributed by atoms with van der Waals surface area (Å²) in [4.78, 5) is 23.6. The summed E-state index contributed by atoms with van der Waals surface area (Å²) in [5, 5.41) is 1.55. The predicted molar refractivity (Wildman–Crippen MR) is 74.2 cm³/mol. The van der Waals surface area contributed by atoms with E-state index >= 15 is 0 Å². The molecule has 0 aromatic heterocycles. The number of hydrogen-bond donors (Lipinski definition) is 1. The monoisotopic (exact) mass is 278 g/mol. The number of esters is 1. The predicted octanol–water partition coefficient (Wildman–Crippen LogP) is 1.00. The van der Waals surface area contributed by atoms with Gasteiger partial charge in [-0.2, -0.15) is 0 Å². The largest absolute Gasteiger partial charge is 0.497 e. The smallest absolute Gasteiger partial charge is 0.355 e. The van der Waals surface area contributed by atoms with Crippen LogP contribution in [0.4, 0.5) is 0 Å². The number of rotatable bonds is 6. The van der Waals surface area contributed by atoms with Gasteiger partial charge in [-0.05, 0) is 24.3 Å². The highest BCUT2D eigenvalue weighted by atomic mass is 16.5. The van der Waals surface area contributed by atoms with E-state index in [0.29, 0.717) is 11.3 Å². The molecule has 1 N–H and O–H groups in total. The number of nitrogens with one attached hydrogen (secondary N) is 1. The Hall–Kier alpha value is -2.34. The second kappa shape index (κ2) is 7.30. The van der Waals surface area contributed by atoms with Gasteiger partial charge in [-0.1, -0.05) is 0 Å². The van der Waals surface area contributed by atoms with Crippen molar-refractivity contribution in [1.29, 1.82) is 0 Å². The summed E-state index contributed by atoms with van der Waals surface area (Å²) >= 11 is 0. The van der Waals surface area contributed by atoms with Crippen LogP contribution < -0.4 is 10.2 Å². The zero-order valence-corrected chi connectivity index (χ0v) is 12.0. The molecule has 0 fully saturated rings. The third-order valence-electron chi connectivity index (χ3n) is 2.40. The first-order valence-electron chi connectivity index (χ1n) is 5.90. The molecule has 0 amide bonds. The Morgan fingerprint density at radius 3 is 2.20 bits per heavy atom. The number of nitrogens with zero attached hydrogens (tertiary/aromatic N) is 1. The van der Waals surface area contributed by atoms with Gasteiger partial charge in [0, 0.05) is 25.7 Å². The summed E-state index contributed by atoms with van der Waals surface area (Å²) in [6.07, 6.45) is 1.20. The van der Waals surface area contributed by atoms with Crippen LogP contribution in [0, 0.1) is 0 Å². The molecule has 0 radical (unpaired) electrons. The number of ketones is 1. The molecule has 0 saturated carbocycles. The summed E-state index contributed by atoms with van der Waals surface area (Å²) in [7, 11) is 6.21. The maximum absolute atomic E-state index is 12.1. The molecule has 6 heteroatoms. The molecule has 6 nitrogen and oxygen atoms in total. The summed E-state index contributed by atoms with van der Waals surface area (Å²) in [5.74, 6) is -0.256. The quantitative estimate of drug-likeness (QED) is 0.362. The van der Waals surface area contributed by atoms with Crippen LogP contribution in [-0.4, -0.2) is 45.1 Å². The van der Waals surface area contributed by atoms with E-state index < -0.39 is 5.97 Å². The average Bonchev–Trinajstić information content (AvgIpc) is 2.45. The Bertz CT molecular complexity index is 506. The molecule has 0 atom stereocenters. The molecule has 0 unspecified atom stereocenters. The minimum atomic E-state index is -0.611. The van der Waals surface area contributed by atoms with E-state index in [0.717, 1.165) is 0 Å². The maximum atomic E-state index is 12.1. The van der Waals surface area contributed by atoms with Crippen LogP contribution in [0.1, 0.15) is 10.4 Å². The van der Waals surface area contributed by atoms with Gasteiger partial charge in [0.1, 0.15) is 11.4 Å². The normalized spacial score (nSPS) is 11.2. The van der Waals surface area contributed by atoms with E-state index in [9.17, 15) is 9.59 Å². The third-order valence-corrected chi connectivity index (χ3v) is 2.40. The molecule has 0 aliphatic carbocycles. The van der Waals surface area contributed by atoms with E-state index in [1.807, 2.05) is 0 Å². The van der Waals surface area contributed by atoms with Crippen molar-refractivity contribution < 1.29 is 19.1 Å². The number of ether oxygens (including phenoxy) is 2. The van der Waals surface area contributed by atoms with Gasteiger partial charge in [0.15, 0.2) is 5.78 Å². The Balaban J connectivity index is 2.96. The molecular formula is C14H18N2O4. The molecule has 0 heterocycles. The maximum Gasteiger partial charge on any atom is 0.355 e. The Morgan fingerprint density at radius 1 is 1.15 bits per heavy atom. The molecule has 0 aliphatic rings. The van der Waals surface area contributed by atoms with Crippen molar-refractivity contribution in [3.63, 3.8) is 0 Å². The molecule has 0 spiro atoms. The average molecular weight is 278 g/mol. The molecule has 20 heavy (non-hydrogen) atoms. The number of hydrogen-bond acceptors (Lipinski definition) is 6. The van der Waals surface area contributed by atoms with E-state index in [1.165, 1.54) is 13.2 Å². The van der Waals surface area contributed by atoms with Crippen LogP contribution in [0.25, 0.3) is 0 Å². The van der Waals surface area contributed by atoms with E-state index in [1.54, 1.807) is 50.5 Å². The Kier molecular flexibility index (Phi) is 5.74. The summed E-state index contributed by atoms with van der Waals surface area (Å²) in [6.45, 7) is 0. The molecule has 1 aromatic carbocycles. The van der Waals surface area contributed by atoms with E-state index in [2.05, 4.69) is 10.2 Å². The fourth-order valence-corrected chi connectivity index (χ4v) is 1.46. The second-order valence-electron chi connectivity index (χ2n) is 4.15. The van der Waals surface area contributed by atoms with Gasteiger partial charge in [0.25, 0.3) is 0 Å². The second-order valence-corrected chi connectivity index (χ2v) is 4.15. The minimum Gasteiger partial charge on any atom is -0.497 e. The third kappa shape index (κ3) is 4.40. The van der Waals surface area contributed by atoms with Crippen molar-refractivity contribution in [1.82, 2.24) is 10.4 Å². The fourth-order valence-electron chi connectivity index (χ4n) is 1.46. The number of carbonyl (C=O) groups excluding carboxylic acids is 2. The van der Waals surface area contributed by atoms with Crippen LogP contribution in [-0.2, 0) is 9.53 Å². The lowest BCUT2D eigenvalue weighted by atomic mass is 10.1. The highest BCUT2D eigenvalue weighted by Crippen LogP contribution is 2.12. The number of benzene rings is 1. The van der Waals surface area contributed by atoms with Crippen LogP contribution in [0.5, 0.6) is 5.75 Å². The van der Waals surface area contributed by atoms with Crippen molar-refractivity contribution in [2.45, 2.75) is 0 Å². The van der Waals surface area contributed by atoms with Gasteiger partial charge in [0.05, 0.1) is 14.2 Å². The summed E-state index contributed by atoms with van der Waals surface area (Å²) in [5.41, 5.74) is 3.25. The number of allylic oxidation sites excluding steroid dienone is 1. The zero-order valence-electron chi connectivity index (χ0n) is 12.0. The Labute approximate surface area is 117 Å². The van der Waals surface area contributed by atoms with Crippen molar-refractivity contribution >= 4 is 11.8 Å². The number of carbonyl (C=O) groups is 2. The lowest BCUT2D eigenvalue weighted by Gasteiger charge is -2.14. The van der Waals surface area contributed by atoms with Gasteiger partial charge >= 0.3 is 5.97 Å². The van der Waals surface area contributed by atoms with Crippen molar-refractivity contribution in [2.75, 3.05) is 28.3 Å². The van der Waals surface area contributed by atoms with Crippen LogP contribution in [0.2, 0.25) is 0 Å². The van der Waals surface area contributed by atoms with Crippen LogP contribution in [0.3, 0.4) is 0 Å². The highest BCUT2D eigenvalue weighted by molar-refractivity contribution is 6.08. The lowest BCUT2D eigenvalue weighted by Crippen LogP contribution is -2.34. The summed E-state index contributed by atoms with van der Waals surface area (Å²) < 4.78 is 9.64. The summed E-state index contributed by atoms with van der Waals surface area (Å²) in [6, 6.07) is 6.61. The zero-order chi connectivity index (χ0) is 15.1. The molecule has 1 rings (SSSR count). The Morgan fingerprint density at radius 2 is 1.75 bits per heavy atom. The van der Waals surface area contributed by atoms with Crippen molar-refractivity contribution in [2.24, 2.45) is 0 Å². The van der Waals surface area contributed by atoms with Gasteiger partial charge in [-0.25, -0.2) is 9.80 Å². The van der Waals surface area contributed by atoms with E-state index in [-0.39, 0.29) is 11.5 Å². The van der Waals surface area contributed by atoms with Gasteiger partial charge in [-0.15, -0.1) is 0 Å². The van der Waals surface area contributed by atoms with Gasteiger partial charge in [-0.3, -0.25) is 4.79 Å². The molecule has 1 aromatic rings. The van der Waals surface area contributed by atoms with Gasteiger partial charge in [0.2, 0.25) is 0 Å². The topological polar surface area (TPSA) is 67.9 Å². The highest BCUT2D eigenvalue weighted by Gasteiger charge is 2.13. The molecule has 108 valence electrons. The molecular weight excluding hydrogens is 260 g/mol. The number of hydrazine groups is 1. The minimum absolute atomic E-state index is 0.0679. The van der Waals surface area contributed by atoms with Gasteiger partial charge < -0.3 is 14.9 Å². The first-order chi connectivity index (χ1) is 9.47. The molecule has 0 aliphatic heterocycles. The fraction of sp³-hybridized carbons (Fsp3) is 0.286. The van der Waals surface area contributed by atoms with Crippen LogP contribution >= 0.6 is 0 Å². The first-order valence-corrected chi connectivity index (χ1v) is 5.90. The van der Waals surface area contributed by atoms with Crippen molar-refractivity contribution in [3.05, 3.63) is 41.6 Å². The van der Waals surface area contributed by atoms with Crippen molar-refractivity contribution in [3.8, 4) is 5.75 Å². The SMILES string of the molecule is COC(=O)/C(=C/C(=O)c1ccc(OC)cc1)NN(C)C. The lowest BCUT2D eigenvalue weighted by molar-refractivity contribution is -0.137. The first kappa shape index (κ1) is 15.7. The number of methoxy groups -OCH3 is 2. The van der Waals surface area contributed by atoms with Crippen LogP contribution in [0.15, 0.2) is 36.0 Å².